The number of carbonyl (C=O) groups excluding carboxylic acids is 2. The topological polar surface area (TPSA) is 92.5 Å². The monoisotopic (exact) mass is 609 g/mol. The second kappa shape index (κ2) is 12.2. The third-order valence-corrected chi connectivity index (χ3v) is 8.24. The Hall–Kier alpha value is -4.96. The molecule has 0 amide bonds. The number of Topliss-reactive ketones (excluding diaryl/α,β-unsaturated/α-hetero) is 1. The second-order valence-electron chi connectivity index (χ2n) is 11.4. The van der Waals surface area contributed by atoms with Crippen molar-refractivity contribution in [3.63, 3.8) is 0 Å². The van der Waals surface area contributed by atoms with Gasteiger partial charge in [0.2, 0.25) is 5.88 Å². The minimum absolute atomic E-state index is 0.0179. The summed E-state index contributed by atoms with van der Waals surface area (Å²) >= 11 is 0. The maximum absolute atomic E-state index is 15.5. The number of benzene rings is 3. The van der Waals surface area contributed by atoms with Gasteiger partial charge in [0, 0.05) is 47.8 Å². The van der Waals surface area contributed by atoms with Crippen molar-refractivity contribution in [3.05, 3.63) is 107 Å². The van der Waals surface area contributed by atoms with E-state index in [-0.39, 0.29) is 36.7 Å². The summed E-state index contributed by atoms with van der Waals surface area (Å²) in [7, 11) is 0. The summed E-state index contributed by atoms with van der Waals surface area (Å²) < 4.78 is 48.6. The number of aromatic nitrogens is 3. The van der Waals surface area contributed by atoms with Crippen LogP contribution in [0.4, 0.5) is 8.78 Å². The Morgan fingerprint density at radius 3 is 2.51 bits per heavy atom. The minimum atomic E-state index is -0.501. The summed E-state index contributed by atoms with van der Waals surface area (Å²) in [6.45, 7) is 1.57. The molecule has 0 bridgehead atoms. The molecule has 1 aliphatic carbocycles. The van der Waals surface area contributed by atoms with E-state index < -0.39 is 11.6 Å². The van der Waals surface area contributed by atoms with Gasteiger partial charge in [-0.15, -0.1) is 0 Å². The number of nitrogens with zero attached hydrogens (tertiary/aromatic N) is 3. The maximum atomic E-state index is 15.5. The SMILES string of the molecule is O=COc1ccc2nc(Cc3ccc(-c4cccc(OCc5ccc(C(=O)C6CC6)cc5F)n4)cc3F)n(C[C@@H]3CCO3)c2c1. The van der Waals surface area contributed by atoms with Crippen molar-refractivity contribution in [2.24, 2.45) is 5.92 Å². The highest BCUT2D eigenvalue weighted by molar-refractivity contribution is 5.99. The van der Waals surface area contributed by atoms with Gasteiger partial charge in [-0.25, -0.2) is 18.7 Å². The van der Waals surface area contributed by atoms with Crippen LogP contribution in [0.5, 0.6) is 11.6 Å². The first-order chi connectivity index (χ1) is 21.9. The van der Waals surface area contributed by atoms with Crippen molar-refractivity contribution in [1.29, 1.82) is 0 Å². The van der Waals surface area contributed by atoms with Gasteiger partial charge < -0.3 is 18.8 Å². The molecule has 1 aliphatic heterocycles. The lowest BCUT2D eigenvalue weighted by Gasteiger charge is -2.27. The third-order valence-electron chi connectivity index (χ3n) is 8.24. The van der Waals surface area contributed by atoms with Gasteiger partial charge in [-0.05, 0) is 55.2 Å². The quantitative estimate of drug-likeness (QED) is 0.118. The molecule has 1 saturated heterocycles. The van der Waals surface area contributed by atoms with Gasteiger partial charge in [-0.2, -0.15) is 0 Å². The van der Waals surface area contributed by atoms with Crippen LogP contribution in [-0.2, 0) is 29.1 Å². The van der Waals surface area contributed by atoms with E-state index in [0.717, 1.165) is 24.8 Å². The van der Waals surface area contributed by atoms with Gasteiger partial charge in [-0.1, -0.05) is 30.3 Å². The van der Waals surface area contributed by atoms with Crippen molar-refractivity contribution in [3.8, 4) is 22.9 Å². The van der Waals surface area contributed by atoms with Gasteiger partial charge in [0.1, 0.15) is 29.8 Å². The lowest BCUT2D eigenvalue weighted by Crippen LogP contribution is -2.31. The van der Waals surface area contributed by atoms with Crippen LogP contribution in [0.25, 0.3) is 22.3 Å². The summed E-state index contributed by atoms with van der Waals surface area (Å²) in [5.41, 5.74) is 3.70. The Bertz CT molecular complexity index is 1920. The molecule has 1 saturated carbocycles. The van der Waals surface area contributed by atoms with E-state index in [1.807, 2.05) is 4.57 Å². The summed E-state index contributed by atoms with van der Waals surface area (Å²) in [5.74, 6) is 0.422. The fraction of sp³-hybridized carbons (Fsp3) is 0.257. The largest absolute Gasteiger partial charge is 0.473 e. The number of fused-ring (bicyclic) bond motifs is 1. The van der Waals surface area contributed by atoms with E-state index in [4.69, 9.17) is 19.2 Å². The Morgan fingerprint density at radius 1 is 0.956 bits per heavy atom. The van der Waals surface area contributed by atoms with Crippen LogP contribution in [0.1, 0.15) is 46.6 Å². The first-order valence-electron chi connectivity index (χ1n) is 14.9. The number of pyridine rings is 1. The zero-order valence-corrected chi connectivity index (χ0v) is 24.2. The highest BCUT2D eigenvalue weighted by Crippen LogP contribution is 2.33. The maximum Gasteiger partial charge on any atom is 0.298 e. The van der Waals surface area contributed by atoms with Gasteiger partial charge in [0.25, 0.3) is 6.47 Å². The van der Waals surface area contributed by atoms with Crippen molar-refractivity contribution < 1.29 is 32.6 Å². The lowest BCUT2D eigenvalue weighted by atomic mass is 10.0. The number of hydrogen-bond acceptors (Lipinski definition) is 7. The van der Waals surface area contributed by atoms with E-state index in [9.17, 15) is 14.0 Å². The molecule has 0 radical (unpaired) electrons. The predicted octanol–water partition coefficient (Wildman–Crippen LogP) is 6.46. The van der Waals surface area contributed by atoms with Crippen LogP contribution in [0.2, 0.25) is 0 Å². The fourth-order valence-corrected chi connectivity index (χ4v) is 5.48. The normalized spacial score (nSPS) is 15.9. The van der Waals surface area contributed by atoms with E-state index >= 15 is 4.39 Å². The molecule has 45 heavy (non-hydrogen) atoms. The lowest BCUT2D eigenvalue weighted by molar-refractivity contribution is -0.120. The number of rotatable bonds is 12. The van der Waals surface area contributed by atoms with Gasteiger partial charge >= 0.3 is 0 Å². The zero-order chi connectivity index (χ0) is 30.9. The second-order valence-corrected chi connectivity index (χ2v) is 11.4. The van der Waals surface area contributed by atoms with Crippen molar-refractivity contribution in [1.82, 2.24) is 14.5 Å². The van der Waals surface area contributed by atoms with Crippen LogP contribution in [-0.4, -0.2) is 39.5 Å². The molecule has 10 heteroatoms. The van der Waals surface area contributed by atoms with Crippen LogP contribution in [0, 0.1) is 17.6 Å². The third kappa shape index (κ3) is 6.19. The molecular formula is C35H29F2N3O5. The summed E-state index contributed by atoms with van der Waals surface area (Å²) in [6, 6.07) is 19.7. The summed E-state index contributed by atoms with van der Waals surface area (Å²) in [6.07, 6.45) is 2.92. The number of ketones is 1. The van der Waals surface area contributed by atoms with E-state index in [2.05, 4.69) is 4.98 Å². The average Bonchev–Trinajstić information content (AvgIpc) is 3.82. The van der Waals surface area contributed by atoms with Crippen molar-refractivity contribution in [2.75, 3.05) is 6.61 Å². The highest BCUT2D eigenvalue weighted by atomic mass is 19.1. The number of imidazole rings is 1. The van der Waals surface area contributed by atoms with Crippen molar-refractivity contribution in [2.45, 2.75) is 44.9 Å². The Balaban J connectivity index is 1.08. The van der Waals surface area contributed by atoms with Crippen molar-refractivity contribution >= 4 is 23.3 Å². The van der Waals surface area contributed by atoms with E-state index in [1.54, 1.807) is 60.7 Å². The molecule has 0 spiro atoms. The highest BCUT2D eigenvalue weighted by Gasteiger charge is 2.30. The summed E-state index contributed by atoms with van der Waals surface area (Å²) in [4.78, 5) is 32.4. The number of ether oxygens (including phenoxy) is 3. The molecular weight excluding hydrogens is 580 g/mol. The zero-order valence-electron chi connectivity index (χ0n) is 24.2. The fourth-order valence-electron chi connectivity index (χ4n) is 5.48. The molecule has 228 valence electrons. The molecule has 2 aromatic heterocycles. The molecule has 0 N–H and O–H groups in total. The minimum Gasteiger partial charge on any atom is -0.473 e. The molecule has 1 atom stereocenters. The van der Waals surface area contributed by atoms with Gasteiger partial charge in [-0.3, -0.25) is 9.59 Å². The number of hydrogen-bond donors (Lipinski definition) is 0. The number of carbonyl (C=O) groups is 2. The van der Waals surface area contributed by atoms with Crippen LogP contribution in [0.15, 0.2) is 72.8 Å². The van der Waals surface area contributed by atoms with Crippen LogP contribution in [0.3, 0.4) is 0 Å². The van der Waals surface area contributed by atoms with Gasteiger partial charge in [0.05, 0.1) is 29.4 Å². The molecule has 8 nitrogen and oxygen atoms in total. The van der Waals surface area contributed by atoms with Gasteiger partial charge in [0.15, 0.2) is 5.78 Å². The van der Waals surface area contributed by atoms with E-state index in [0.29, 0.717) is 64.7 Å². The summed E-state index contributed by atoms with van der Waals surface area (Å²) in [5, 5.41) is 0. The molecule has 3 aromatic carbocycles. The Morgan fingerprint density at radius 2 is 1.78 bits per heavy atom. The van der Waals surface area contributed by atoms with Crippen LogP contribution < -0.4 is 9.47 Å². The molecule has 5 aromatic rings. The molecule has 2 fully saturated rings. The molecule has 3 heterocycles. The molecule has 0 unspecified atom stereocenters. The first-order valence-corrected chi connectivity index (χ1v) is 14.9. The predicted molar refractivity (Wildman–Crippen MR) is 161 cm³/mol. The molecule has 2 aliphatic rings. The number of halogens is 2. The van der Waals surface area contributed by atoms with Crippen LogP contribution >= 0.6 is 0 Å². The first kappa shape index (κ1) is 28.8. The Labute approximate surface area is 257 Å². The smallest absolute Gasteiger partial charge is 0.298 e. The Kier molecular flexibility index (Phi) is 7.81. The van der Waals surface area contributed by atoms with E-state index in [1.165, 1.54) is 12.1 Å². The average molecular weight is 610 g/mol. The standard InChI is InChI=1S/C35H29F2N3O5/c36-28-14-23(30-2-1-3-34(39-30)44-19-25-9-8-24(15-29(25)37)35(42)21-4-5-21)7-6-22(28)16-33-38-31-11-10-26(45-20-41)17-32(31)40(33)18-27-12-13-43-27/h1-3,6-11,14-15,17,20-21,27H,4-5,12-13,16,18-19H2/t27-/m0/s1. The molecule has 7 rings (SSSR count).